The lowest BCUT2D eigenvalue weighted by Crippen LogP contribution is -2.39. The van der Waals surface area contributed by atoms with E-state index in [0.717, 1.165) is 5.56 Å². The van der Waals surface area contributed by atoms with Gasteiger partial charge in [-0.05, 0) is 31.4 Å². The number of para-hydroxylation sites is 1. The molecule has 0 aliphatic rings. The van der Waals surface area contributed by atoms with Gasteiger partial charge in [0.25, 0.3) is 5.56 Å². The smallest absolute Gasteiger partial charge is 0.261 e. The van der Waals surface area contributed by atoms with Crippen LogP contribution in [0.5, 0.6) is 0 Å². The molecule has 0 aliphatic heterocycles. The van der Waals surface area contributed by atoms with Crippen molar-refractivity contribution in [3.63, 3.8) is 0 Å². The monoisotopic (exact) mass is 287 g/mol. The Kier molecular flexibility index (Phi) is 4.40. The lowest BCUT2D eigenvalue weighted by atomic mass is 10.1. The molecular formula is C16H21N3O2. The van der Waals surface area contributed by atoms with Gasteiger partial charge in [0.2, 0.25) is 5.91 Å². The number of hydrogen-bond acceptors (Lipinski definition) is 3. The zero-order valence-corrected chi connectivity index (χ0v) is 12.9. The van der Waals surface area contributed by atoms with Crippen molar-refractivity contribution in [1.82, 2.24) is 14.9 Å². The first kappa shape index (κ1) is 15.2. The van der Waals surface area contributed by atoms with Crippen molar-refractivity contribution in [1.29, 1.82) is 0 Å². The summed E-state index contributed by atoms with van der Waals surface area (Å²) < 4.78 is 1.35. The summed E-state index contributed by atoms with van der Waals surface area (Å²) in [5.41, 5.74) is 1.46. The van der Waals surface area contributed by atoms with Crippen molar-refractivity contribution >= 4 is 16.8 Å². The molecule has 1 amide bonds. The topological polar surface area (TPSA) is 64.0 Å². The molecule has 2 aromatic rings. The molecule has 0 spiro atoms. The van der Waals surface area contributed by atoms with E-state index in [-0.39, 0.29) is 24.1 Å². The van der Waals surface area contributed by atoms with Gasteiger partial charge < -0.3 is 5.32 Å². The summed E-state index contributed by atoms with van der Waals surface area (Å²) >= 11 is 0. The molecule has 21 heavy (non-hydrogen) atoms. The molecule has 0 saturated heterocycles. The van der Waals surface area contributed by atoms with E-state index in [2.05, 4.69) is 10.3 Å². The third kappa shape index (κ3) is 3.29. The molecular weight excluding hydrogens is 266 g/mol. The molecule has 0 fully saturated rings. The van der Waals surface area contributed by atoms with E-state index < -0.39 is 0 Å². The van der Waals surface area contributed by atoms with E-state index in [1.165, 1.54) is 10.9 Å². The number of aryl methyl sites for hydroxylation is 1. The minimum Gasteiger partial charge on any atom is -0.352 e. The number of amides is 1. The third-order valence-electron chi connectivity index (χ3n) is 3.76. The summed E-state index contributed by atoms with van der Waals surface area (Å²) in [6, 6.07) is 5.55. The molecule has 1 atom stereocenters. The molecule has 0 bridgehead atoms. The Hall–Kier alpha value is -2.17. The number of fused-ring (bicyclic) bond motifs is 1. The Bertz CT molecular complexity index is 719. The molecule has 1 aromatic heterocycles. The van der Waals surface area contributed by atoms with Crippen LogP contribution in [-0.4, -0.2) is 21.5 Å². The van der Waals surface area contributed by atoms with Crippen molar-refractivity contribution in [3.05, 3.63) is 40.4 Å². The Morgan fingerprint density at radius 3 is 2.71 bits per heavy atom. The van der Waals surface area contributed by atoms with Crippen LogP contribution in [0, 0.1) is 12.8 Å². The van der Waals surface area contributed by atoms with Crippen molar-refractivity contribution < 1.29 is 4.79 Å². The van der Waals surface area contributed by atoms with Gasteiger partial charge in [0.15, 0.2) is 0 Å². The molecule has 1 heterocycles. The fraction of sp³-hybridized carbons (Fsp3) is 0.438. The molecule has 5 nitrogen and oxygen atoms in total. The molecule has 1 N–H and O–H groups in total. The van der Waals surface area contributed by atoms with Crippen LogP contribution < -0.4 is 10.9 Å². The van der Waals surface area contributed by atoms with Crippen LogP contribution in [0.1, 0.15) is 26.3 Å². The van der Waals surface area contributed by atoms with Gasteiger partial charge in [-0.1, -0.05) is 26.0 Å². The predicted molar refractivity (Wildman–Crippen MR) is 83.2 cm³/mol. The summed E-state index contributed by atoms with van der Waals surface area (Å²) in [5.74, 6) is 0.176. The van der Waals surface area contributed by atoms with Crippen LogP contribution in [0.4, 0.5) is 0 Å². The highest BCUT2D eigenvalue weighted by Crippen LogP contribution is 2.11. The van der Waals surface area contributed by atoms with Crippen LogP contribution in [0.15, 0.2) is 29.3 Å². The largest absolute Gasteiger partial charge is 0.352 e. The van der Waals surface area contributed by atoms with E-state index in [4.69, 9.17) is 0 Å². The Labute approximate surface area is 124 Å². The number of benzene rings is 1. The SMILES string of the molecule is Cc1cccc2c(=O)n(CC(=O)N[C@@H](C)C(C)C)cnc12. The van der Waals surface area contributed by atoms with Gasteiger partial charge in [0.05, 0.1) is 17.2 Å². The maximum Gasteiger partial charge on any atom is 0.261 e. The van der Waals surface area contributed by atoms with E-state index in [9.17, 15) is 9.59 Å². The molecule has 2 rings (SSSR count). The first-order valence-electron chi connectivity index (χ1n) is 7.14. The Morgan fingerprint density at radius 1 is 1.33 bits per heavy atom. The lowest BCUT2D eigenvalue weighted by Gasteiger charge is -2.17. The second kappa shape index (κ2) is 6.08. The van der Waals surface area contributed by atoms with Gasteiger partial charge in [-0.15, -0.1) is 0 Å². The van der Waals surface area contributed by atoms with Gasteiger partial charge in [-0.2, -0.15) is 0 Å². The standard InChI is InChI=1S/C16H21N3O2/c1-10(2)12(4)18-14(20)8-19-9-17-15-11(3)6-5-7-13(15)16(19)21/h5-7,9-10,12H,8H2,1-4H3,(H,18,20)/t12-/m0/s1. The highest BCUT2D eigenvalue weighted by molar-refractivity contribution is 5.81. The Balaban J connectivity index is 2.26. The fourth-order valence-corrected chi connectivity index (χ4v) is 2.07. The summed E-state index contributed by atoms with van der Waals surface area (Å²) in [4.78, 5) is 28.7. The second-order valence-corrected chi connectivity index (χ2v) is 5.75. The van der Waals surface area contributed by atoms with Gasteiger partial charge in [-0.25, -0.2) is 4.98 Å². The molecule has 112 valence electrons. The number of carbonyl (C=O) groups is 1. The molecule has 0 saturated carbocycles. The number of hydrogen-bond donors (Lipinski definition) is 1. The second-order valence-electron chi connectivity index (χ2n) is 5.75. The minimum absolute atomic E-state index is 0.00717. The molecule has 5 heteroatoms. The number of carbonyl (C=O) groups excluding carboxylic acids is 1. The van der Waals surface area contributed by atoms with Gasteiger partial charge in [0, 0.05) is 6.04 Å². The average molecular weight is 287 g/mol. The predicted octanol–water partition coefficient (Wildman–Crippen LogP) is 1.87. The highest BCUT2D eigenvalue weighted by Gasteiger charge is 2.13. The summed E-state index contributed by atoms with van der Waals surface area (Å²) in [6.45, 7) is 7.94. The fourth-order valence-electron chi connectivity index (χ4n) is 2.07. The first-order valence-corrected chi connectivity index (χ1v) is 7.14. The van der Waals surface area contributed by atoms with Gasteiger partial charge in [0.1, 0.15) is 6.54 Å². The summed E-state index contributed by atoms with van der Waals surface area (Å²) in [5, 5.41) is 3.43. The number of nitrogens with zero attached hydrogens (tertiary/aromatic N) is 2. The number of rotatable bonds is 4. The molecule has 0 radical (unpaired) electrons. The highest BCUT2D eigenvalue weighted by atomic mass is 16.2. The first-order chi connectivity index (χ1) is 9.90. The summed E-state index contributed by atoms with van der Waals surface area (Å²) in [7, 11) is 0. The maximum atomic E-state index is 12.4. The quantitative estimate of drug-likeness (QED) is 0.933. The minimum atomic E-state index is -0.184. The zero-order valence-electron chi connectivity index (χ0n) is 12.9. The molecule has 1 aromatic carbocycles. The number of aromatic nitrogens is 2. The van der Waals surface area contributed by atoms with E-state index in [0.29, 0.717) is 16.8 Å². The van der Waals surface area contributed by atoms with Crippen molar-refractivity contribution in [2.24, 2.45) is 5.92 Å². The normalized spacial score (nSPS) is 12.6. The molecule has 0 unspecified atom stereocenters. The molecule has 0 aliphatic carbocycles. The van der Waals surface area contributed by atoms with Crippen LogP contribution in [0.2, 0.25) is 0 Å². The van der Waals surface area contributed by atoms with Crippen LogP contribution in [0.25, 0.3) is 10.9 Å². The maximum absolute atomic E-state index is 12.4. The lowest BCUT2D eigenvalue weighted by molar-refractivity contribution is -0.122. The van der Waals surface area contributed by atoms with Crippen molar-refractivity contribution in [3.8, 4) is 0 Å². The van der Waals surface area contributed by atoms with Gasteiger partial charge in [-0.3, -0.25) is 14.2 Å². The van der Waals surface area contributed by atoms with Crippen LogP contribution in [0.3, 0.4) is 0 Å². The van der Waals surface area contributed by atoms with Crippen molar-refractivity contribution in [2.45, 2.75) is 40.3 Å². The van der Waals surface area contributed by atoms with E-state index >= 15 is 0 Å². The summed E-state index contributed by atoms with van der Waals surface area (Å²) in [6.07, 6.45) is 1.44. The van der Waals surface area contributed by atoms with Crippen molar-refractivity contribution in [2.75, 3.05) is 0 Å². The van der Waals surface area contributed by atoms with Crippen LogP contribution in [-0.2, 0) is 11.3 Å². The van der Waals surface area contributed by atoms with Crippen LogP contribution >= 0.6 is 0 Å². The third-order valence-corrected chi connectivity index (χ3v) is 3.76. The zero-order chi connectivity index (χ0) is 15.6. The van der Waals surface area contributed by atoms with Gasteiger partial charge >= 0.3 is 0 Å². The van der Waals surface area contributed by atoms with E-state index in [1.54, 1.807) is 6.07 Å². The number of nitrogens with one attached hydrogen (secondary N) is 1. The average Bonchev–Trinajstić information content (AvgIpc) is 2.42. The Morgan fingerprint density at radius 2 is 2.05 bits per heavy atom. The van der Waals surface area contributed by atoms with E-state index in [1.807, 2.05) is 39.8 Å².